The molecule has 1 saturated heterocycles. The first-order valence-electron chi connectivity index (χ1n) is 9.60. The van der Waals surface area contributed by atoms with Crippen LogP contribution in [0.1, 0.15) is 50.4 Å². The average molecular weight is 457 g/mol. The second-order valence-electron chi connectivity index (χ2n) is 7.01. The fourth-order valence-corrected chi connectivity index (χ4v) is 5.04. The van der Waals surface area contributed by atoms with Gasteiger partial charge in [0.2, 0.25) is 0 Å². The van der Waals surface area contributed by atoms with Crippen LogP contribution >= 0.6 is 36.2 Å². The molecule has 3 heterocycles. The van der Waals surface area contributed by atoms with Crippen molar-refractivity contribution in [2.75, 3.05) is 31.5 Å². The van der Waals surface area contributed by atoms with Crippen LogP contribution in [0, 0.1) is 0 Å². The number of fused-ring (bicyclic) bond motifs is 1. The topological polar surface area (TPSA) is 74.3 Å². The van der Waals surface area contributed by atoms with E-state index in [1.54, 1.807) is 35.9 Å². The first-order valence-corrected chi connectivity index (χ1v) is 10.4. The highest BCUT2D eigenvalue weighted by Gasteiger charge is 2.29. The predicted octanol–water partition coefficient (Wildman–Crippen LogP) is 3.55. The van der Waals surface area contributed by atoms with E-state index in [2.05, 4.69) is 15.6 Å². The zero-order valence-electron chi connectivity index (χ0n) is 16.1. The molecule has 2 aromatic heterocycles. The van der Waals surface area contributed by atoms with Crippen LogP contribution in [0.5, 0.6) is 0 Å². The molecule has 1 aliphatic carbocycles. The van der Waals surface area contributed by atoms with Crippen LogP contribution in [-0.2, 0) is 12.8 Å². The maximum absolute atomic E-state index is 13.4. The molecule has 0 radical (unpaired) electrons. The molecular formula is C20H26Cl2N4O2S. The highest BCUT2D eigenvalue weighted by Crippen LogP contribution is 2.39. The second kappa shape index (κ2) is 10.9. The van der Waals surface area contributed by atoms with Gasteiger partial charge in [0.25, 0.3) is 11.8 Å². The Morgan fingerprint density at radius 3 is 2.72 bits per heavy atom. The molecule has 2 N–H and O–H groups in total. The van der Waals surface area contributed by atoms with Crippen molar-refractivity contribution in [1.29, 1.82) is 0 Å². The molecule has 0 bridgehead atoms. The number of carbonyl (C=O) groups excluding carboxylic acids is 2. The summed E-state index contributed by atoms with van der Waals surface area (Å²) in [6.45, 7) is 3.22. The van der Waals surface area contributed by atoms with Gasteiger partial charge >= 0.3 is 0 Å². The van der Waals surface area contributed by atoms with Gasteiger partial charge in [-0.2, -0.15) is 0 Å². The molecular weight excluding hydrogens is 431 g/mol. The van der Waals surface area contributed by atoms with E-state index >= 15 is 0 Å². The van der Waals surface area contributed by atoms with Crippen LogP contribution in [0.3, 0.4) is 0 Å². The minimum atomic E-state index is -0.215. The number of halogens is 2. The van der Waals surface area contributed by atoms with Crippen molar-refractivity contribution in [2.45, 2.75) is 32.1 Å². The number of hydrogen-bond donors (Lipinski definition) is 2. The molecule has 0 spiro atoms. The van der Waals surface area contributed by atoms with Gasteiger partial charge in [-0.05, 0) is 56.3 Å². The number of aromatic nitrogens is 1. The highest BCUT2D eigenvalue weighted by atomic mass is 35.5. The summed E-state index contributed by atoms with van der Waals surface area (Å²) in [4.78, 5) is 33.2. The van der Waals surface area contributed by atoms with Crippen molar-refractivity contribution in [2.24, 2.45) is 0 Å². The Hall–Kier alpha value is -1.67. The van der Waals surface area contributed by atoms with E-state index in [4.69, 9.17) is 0 Å². The molecule has 2 aliphatic rings. The Kier molecular flexibility index (Phi) is 8.89. The number of anilines is 1. The van der Waals surface area contributed by atoms with Gasteiger partial charge in [-0.1, -0.05) is 0 Å². The summed E-state index contributed by atoms with van der Waals surface area (Å²) < 4.78 is 0. The molecule has 0 saturated carbocycles. The summed E-state index contributed by atoms with van der Waals surface area (Å²) in [5, 5.41) is 7.03. The third-order valence-electron chi connectivity index (χ3n) is 5.16. The average Bonchev–Trinajstić information content (AvgIpc) is 2.87. The lowest BCUT2D eigenvalue weighted by Gasteiger charge is -2.22. The summed E-state index contributed by atoms with van der Waals surface area (Å²) in [7, 11) is 0. The van der Waals surface area contributed by atoms with E-state index in [0.717, 1.165) is 57.3 Å². The molecule has 29 heavy (non-hydrogen) atoms. The Balaban J connectivity index is 0.00000150. The Bertz CT molecular complexity index is 837. The Labute approximate surface area is 187 Å². The van der Waals surface area contributed by atoms with Crippen LogP contribution in [-0.4, -0.2) is 47.9 Å². The lowest BCUT2D eigenvalue weighted by Crippen LogP contribution is -2.35. The van der Waals surface area contributed by atoms with Gasteiger partial charge in [-0.25, -0.2) is 0 Å². The van der Waals surface area contributed by atoms with E-state index in [1.165, 1.54) is 4.88 Å². The van der Waals surface area contributed by atoms with Crippen molar-refractivity contribution < 1.29 is 9.59 Å². The minimum Gasteiger partial charge on any atom is -0.337 e. The molecule has 1 fully saturated rings. The molecule has 158 valence electrons. The fraction of sp³-hybridized carbons (Fsp3) is 0.450. The number of pyridine rings is 1. The summed E-state index contributed by atoms with van der Waals surface area (Å²) >= 11 is 1.57. The Morgan fingerprint density at radius 2 is 1.93 bits per heavy atom. The predicted molar refractivity (Wildman–Crippen MR) is 121 cm³/mol. The largest absolute Gasteiger partial charge is 0.337 e. The first-order chi connectivity index (χ1) is 13.2. The number of nitrogens with one attached hydrogen (secondary N) is 2. The molecule has 0 aromatic carbocycles. The number of amides is 2. The molecule has 0 atom stereocenters. The fourth-order valence-electron chi connectivity index (χ4n) is 3.76. The van der Waals surface area contributed by atoms with Crippen molar-refractivity contribution >= 4 is 53.0 Å². The number of hydrogen-bond acceptors (Lipinski definition) is 5. The maximum Gasteiger partial charge on any atom is 0.257 e. The van der Waals surface area contributed by atoms with E-state index in [-0.39, 0.29) is 36.6 Å². The van der Waals surface area contributed by atoms with E-state index in [9.17, 15) is 9.59 Å². The van der Waals surface area contributed by atoms with Gasteiger partial charge in [0, 0.05) is 36.9 Å². The SMILES string of the molecule is Cl.Cl.O=C(Nc1sc2c(c1C(=O)N1CCCNCC1)CCCC2)c1cccnc1. The summed E-state index contributed by atoms with van der Waals surface area (Å²) in [6.07, 6.45) is 8.29. The van der Waals surface area contributed by atoms with Gasteiger partial charge in [-0.15, -0.1) is 36.2 Å². The van der Waals surface area contributed by atoms with Crippen LogP contribution < -0.4 is 10.6 Å². The zero-order chi connectivity index (χ0) is 18.6. The van der Waals surface area contributed by atoms with Crippen molar-refractivity contribution in [3.8, 4) is 0 Å². The molecule has 4 rings (SSSR count). The third-order valence-corrected chi connectivity index (χ3v) is 6.37. The second-order valence-corrected chi connectivity index (χ2v) is 8.11. The van der Waals surface area contributed by atoms with Crippen LogP contribution in [0.4, 0.5) is 5.00 Å². The van der Waals surface area contributed by atoms with E-state index in [1.807, 2.05) is 4.90 Å². The zero-order valence-corrected chi connectivity index (χ0v) is 18.6. The van der Waals surface area contributed by atoms with Crippen LogP contribution in [0.25, 0.3) is 0 Å². The number of aryl methyl sites for hydroxylation is 1. The van der Waals surface area contributed by atoms with Gasteiger partial charge in [0.15, 0.2) is 0 Å². The molecule has 0 unspecified atom stereocenters. The van der Waals surface area contributed by atoms with Crippen LogP contribution in [0.2, 0.25) is 0 Å². The maximum atomic E-state index is 13.4. The lowest BCUT2D eigenvalue weighted by molar-refractivity contribution is 0.0766. The number of nitrogens with zero attached hydrogens (tertiary/aromatic N) is 2. The molecule has 6 nitrogen and oxygen atoms in total. The summed E-state index contributed by atoms with van der Waals surface area (Å²) in [5.41, 5.74) is 2.37. The smallest absolute Gasteiger partial charge is 0.257 e. The summed E-state index contributed by atoms with van der Waals surface area (Å²) in [6, 6.07) is 3.47. The lowest BCUT2D eigenvalue weighted by atomic mass is 9.95. The van der Waals surface area contributed by atoms with Crippen LogP contribution in [0.15, 0.2) is 24.5 Å². The quantitative estimate of drug-likeness (QED) is 0.740. The molecule has 1 aliphatic heterocycles. The third kappa shape index (κ3) is 5.28. The molecule has 9 heteroatoms. The van der Waals surface area contributed by atoms with Gasteiger partial charge in [0.05, 0.1) is 11.1 Å². The number of thiophene rings is 1. The number of rotatable bonds is 3. The van der Waals surface area contributed by atoms with E-state index in [0.29, 0.717) is 22.7 Å². The number of carbonyl (C=O) groups is 2. The molecule has 2 aromatic rings. The summed E-state index contributed by atoms with van der Waals surface area (Å²) in [5.74, 6) is -0.159. The monoisotopic (exact) mass is 456 g/mol. The van der Waals surface area contributed by atoms with Crippen molar-refractivity contribution in [1.82, 2.24) is 15.2 Å². The van der Waals surface area contributed by atoms with Gasteiger partial charge in [0.1, 0.15) is 5.00 Å². The molecule has 2 amide bonds. The normalized spacial score (nSPS) is 15.9. The first kappa shape index (κ1) is 23.6. The van der Waals surface area contributed by atoms with Gasteiger partial charge in [-0.3, -0.25) is 14.6 Å². The highest BCUT2D eigenvalue weighted by molar-refractivity contribution is 7.17. The van der Waals surface area contributed by atoms with Crippen molar-refractivity contribution in [3.05, 3.63) is 46.1 Å². The van der Waals surface area contributed by atoms with Crippen molar-refractivity contribution in [3.63, 3.8) is 0 Å². The van der Waals surface area contributed by atoms with Gasteiger partial charge < -0.3 is 15.5 Å². The standard InChI is InChI=1S/C20H24N4O2S.2ClH/c25-18(14-5-3-8-22-13-14)23-19-17(15-6-1-2-7-16(15)27-19)20(26)24-11-4-9-21-10-12-24;;/h3,5,8,13,21H,1-2,4,6-7,9-12H2,(H,23,25);2*1H. The van der Waals surface area contributed by atoms with E-state index < -0.39 is 0 Å². The Morgan fingerprint density at radius 1 is 1.10 bits per heavy atom. The minimum absolute atomic E-state index is 0.